The number of sulfonamides is 1. The second-order valence-corrected chi connectivity index (χ2v) is 9.72. The number of amides is 1. The smallest absolute Gasteiger partial charge is 0.340 e. The zero-order valence-corrected chi connectivity index (χ0v) is 18.8. The Bertz CT molecular complexity index is 1060. The van der Waals surface area contributed by atoms with Gasteiger partial charge in [0.05, 0.1) is 15.5 Å². The van der Waals surface area contributed by atoms with Gasteiger partial charge in [0.1, 0.15) is 0 Å². The van der Waals surface area contributed by atoms with Crippen molar-refractivity contribution in [2.45, 2.75) is 37.5 Å². The molecule has 1 heterocycles. The van der Waals surface area contributed by atoms with E-state index in [9.17, 15) is 18.0 Å². The third-order valence-corrected chi connectivity index (χ3v) is 7.45. The average Bonchev–Trinajstić information content (AvgIpc) is 3.04. The van der Waals surface area contributed by atoms with Crippen LogP contribution in [0.25, 0.3) is 0 Å². The minimum Gasteiger partial charge on any atom is -0.452 e. The molecule has 0 atom stereocenters. The number of nitrogens with one attached hydrogen (secondary N) is 1. The first-order chi connectivity index (χ1) is 14.8. The van der Waals surface area contributed by atoms with Crippen LogP contribution >= 0.6 is 11.6 Å². The molecule has 7 nitrogen and oxygen atoms in total. The Morgan fingerprint density at radius 3 is 2.42 bits per heavy atom. The number of anilines is 1. The van der Waals surface area contributed by atoms with Crippen LogP contribution in [0.4, 0.5) is 5.69 Å². The highest BCUT2D eigenvalue weighted by Crippen LogP contribution is 2.26. The molecule has 1 amide bonds. The first-order valence-electron chi connectivity index (χ1n) is 10.1. The van der Waals surface area contributed by atoms with E-state index in [0.717, 1.165) is 25.7 Å². The van der Waals surface area contributed by atoms with Gasteiger partial charge in [-0.3, -0.25) is 4.79 Å². The number of hydrogen-bond acceptors (Lipinski definition) is 5. The highest BCUT2D eigenvalue weighted by Gasteiger charge is 2.27. The normalized spacial score (nSPS) is 15.2. The molecule has 9 heteroatoms. The molecule has 1 saturated heterocycles. The van der Waals surface area contributed by atoms with Crippen molar-refractivity contribution in [1.82, 2.24) is 4.31 Å². The average molecular weight is 465 g/mol. The highest BCUT2D eigenvalue weighted by molar-refractivity contribution is 7.89. The van der Waals surface area contributed by atoms with Crippen LogP contribution in [0.1, 0.15) is 41.6 Å². The zero-order chi connectivity index (χ0) is 22.4. The number of ether oxygens (including phenoxy) is 1. The van der Waals surface area contributed by atoms with Gasteiger partial charge in [0.25, 0.3) is 5.91 Å². The van der Waals surface area contributed by atoms with Crippen molar-refractivity contribution in [2.24, 2.45) is 0 Å². The SMILES string of the molecule is Cc1ccc(NC(=O)COC(=O)c2ccccc2Cl)cc1S(=O)(=O)N1CCCCCC1. The van der Waals surface area contributed by atoms with E-state index in [4.69, 9.17) is 16.3 Å². The number of benzene rings is 2. The van der Waals surface area contributed by atoms with E-state index in [2.05, 4.69) is 5.32 Å². The topological polar surface area (TPSA) is 92.8 Å². The summed E-state index contributed by atoms with van der Waals surface area (Å²) in [4.78, 5) is 24.5. The van der Waals surface area contributed by atoms with Crippen molar-refractivity contribution >= 4 is 39.2 Å². The van der Waals surface area contributed by atoms with Crippen molar-refractivity contribution in [3.63, 3.8) is 0 Å². The second kappa shape index (κ2) is 10.3. The van der Waals surface area contributed by atoms with Gasteiger partial charge in [-0.15, -0.1) is 0 Å². The van der Waals surface area contributed by atoms with Gasteiger partial charge >= 0.3 is 5.97 Å². The van der Waals surface area contributed by atoms with Crippen molar-refractivity contribution in [2.75, 3.05) is 25.0 Å². The van der Waals surface area contributed by atoms with Crippen molar-refractivity contribution in [3.8, 4) is 0 Å². The third-order valence-electron chi connectivity index (χ3n) is 5.08. The van der Waals surface area contributed by atoms with Crippen LogP contribution in [0.2, 0.25) is 5.02 Å². The maximum absolute atomic E-state index is 13.1. The van der Waals surface area contributed by atoms with Crippen LogP contribution in [-0.2, 0) is 19.6 Å². The zero-order valence-electron chi connectivity index (χ0n) is 17.3. The molecule has 2 aromatic rings. The lowest BCUT2D eigenvalue weighted by Crippen LogP contribution is -2.32. The molecule has 166 valence electrons. The quantitative estimate of drug-likeness (QED) is 0.652. The predicted octanol–water partition coefficient (Wildman–Crippen LogP) is 4.01. The van der Waals surface area contributed by atoms with Crippen LogP contribution in [0.3, 0.4) is 0 Å². The molecule has 0 aromatic heterocycles. The number of aryl methyl sites for hydroxylation is 1. The minimum atomic E-state index is -3.66. The summed E-state index contributed by atoms with van der Waals surface area (Å²) in [6.45, 7) is 2.19. The molecule has 3 rings (SSSR count). The summed E-state index contributed by atoms with van der Waals surface area (Å²) in [7, 11) is -3.66. The molecule has 1 aliphatic heterocycles. The Hall–Kier alpha value is -2.42. The van der Waals surface area contributed by atoms with E-state index in [1.807, 2.05) is 0 Å². The highest BCUT2D eigenvalue weighted by atomic mass is 35.5. The monoisotopic (exact) mass is 464 g/mol. The van der Waals surface area contributed by atoms with E-state index in [1.54, 1.807) is 37.3 Å². The number of esters is 1. The Kier molecular flexibility index (Phi) is 7.69. The Labute approximate surface area is 187 Å². The van der Waals surface area contributed by atoms with Crippen LogP contribution < -0.4 is 5.32 Å². The van der Waals surface area contributed by atoms with Crippen molar-refractivity contribution in [3.05, 3.63) is 58.6 Å². The number of rotatable bonds is 6. The predicted molar refractivity (Wildman–Crippen MR) is 119 cm³/mol. The molecule has 0 saturated carbocycles. The van der Waals surface area contributed by atoms with Crippen LogP contribution in [0.5, 0.6) is 0 Å². The first-order valence-corrected chi connectivity index (χ1v) is 11.9. The van der Waals surface area contributed by atoms with Crippen molar-refractivity contribution < 1.29 is 22.7 Å². The third kappa shape index (κ3) is 5.84. The molecule has 2 aromatic carbocycles. The van der Waals surface area contributed by atoms with E-state index in [0.29, 0.717) is 24.3 Å². The van der Waals surface area contributed by atoms with Gasteiger partial charge in [0, 0.05) is 18.8 Å². The lowest BCUT2D eigenvalue weighted by Gasteiger charge is -2.21. The van der Waals surface area contributed by atoms with Gasteiger partial charge in [0.2, 0.25) is 10.0 Å². The molecule has 0 aliphatic carbocycles. The first kappa shape index (κ1) is 23.2. The van der Waals surface area contributed by atoms with Gasteiger partial charge < -0.3 is 10.1 Å². The summed E-state index contributed by atoms with van der Waals surface area (Å²) in [5.74, 6) is -1.29. The van der Waals surface area contributed by atoms with Crippen LogP contribution in [0, 0.1) is 6.92 Å². The fourth-order valence-electron chi connectivity index (χ4n) is 3.41. The van der Waals surface area contributed by atoms with Gasteiger partial charge in [-0.25, -0.2) is 13.2 Å². The Morgan fingerprint density at radius 2 is 1.74 bits per heavy atom. The summed E-state index contributed by atoms with van der Waals surface area (Å²) >= 11 is 5.95. The fraction of sp³-hybridized carbons (Fsp3) is 0.364. The van der Waals surface area contributed by atoms with Gasteiger partial charge in [-0.05, 0) is 49.6 Å². The molecular weight excluding hydrogens is 440 g/mol. The summed E-state index contributed by atoms with van der Waals surface area (Å²) in [5, 5.41) is 2.82. The number of halogens is 1. The van der Waals surface area contributed by atoms with E-state index in [1.165, 1.54) is 16.4 Å². The Morgan fingerprint density at radius 1 is 1.06 bits per heavy atom. The summed E-state index contributed by atoms with van der Waals surface area (Å²) in [6.07, 6.45) is 3.72. The van der Waals surface area contributed by atoms with Crippen LogP contribution in [-0.4, -0.2) is 44.3 Å². The van der Waals surface area contributed by atoms with Gasteiger partial charge in [0.15, 0.2) is 6.61 Å². The number of hydrogen-bond donors (Lipinski definition) is 1. The number of carbonyl (C=O) groups is 2. The molecule has 0 radical (unpaired) electrons. The lowest BCUT2D eigenvalue weighted by atomic mass is 10.2. The maximum Gasteiger partial charge on any atom is 0.340 e. The summed E-state index contributed by atoms with van der Waals surface area (Å²) in [5.41, 5.74) is 1.09. The van der Waals surface area contributed by atoms with E-state index >= 15 is 0 Å². The van der Waals surface area contributed by atoms with Crippen LogP contribution in [0.15, 0.2) is 47.4 Å². The lowest BCUT2D eigenvalue weighted by molar-refractivity contribution is -0.119. The molecule has 1 aliphatic rings. The number of nitrogens with zero attached hydrogens (tertiary/aromatic N) is 1. The van der Waals surface area contributed by atoms with Crippen molar-refractivity contribution in [1.29, 1.82) is 0 Å². The molecule has 0 spiro atoms. The maximum atomic E-state index is 13.1. The van der Waals surface area contributed by atoms with E-state index < -0.39 is 28.5 Å². The molecule has 1 fully saturated rings. The van der Waals surface area contributed by atoms with Gasteiger partial charge in [-0.1, -0.05) is 42.6 Å². The van der Waals surface area contributed by atoms with Gasteiger partial charge in [-0.2, -0.15) is 4.31 Å². The largest absolute Gasteiger partial charge is 0.452 e. The molecule has 1 N–H and O–H groups in total. The fourth-order valence-corrected chi connectivity index (χ4v) is 5.39. The molecule has 0 unspecified atom stereocenters. The molecule has 0 bridgehead atoms. The minimum absolute atomic E-state index is 0.165. The molecule has 31 heavy (non-hydrogen) atoms. The Balaban J connectivity index is 1.67. The van der Waals surface area contributed by atoms with E-state index in [-0.39, 0.29) is 15.5 Å². The number of carbonyl (C=O) groups excluding carboxylic acids is 2. The standard InChI is InChI=1S/C22H25ClN2O5S/c1-16-10-11-17(14-20(16)31(28,29)25-12-6-2-3-7-13-25)24-21(26)15-30-22(27)18-8-4-5-9-19(18)23/h4-5,8-11,14H,2-3,6-7,12-13,15H2,1H3,(H,24,26). The molecular formula is C22H25ClN2O5S. The summed E-state index contributed by atoms with van der Waals surface area (Å²) in [6, 6.07) is 11.1. The second-order valence-electron chi connectivity index (χ2n) is 7.40. The summed E-state index contributed by atoms with van der Waals surface area (Å²) < 4.78 is 32.8.